The predicted octanol–water partition coefficient (Wildman–Crippen LogP) is 1.53. The van der Waals surface area contributed by atoms with Gasteiger partial charge in [0.15, 0.2) is 0 Å². The maximum absolute atomic E-state index is 5.20. The van der Waals surface area contributed by atoms with Crippen molar-refractivity contribution in [1.29, 1.82) is 0 Å². The van der Waals surface area contributed by atoms with E-state index in [1.165, 1.54) is 31.5 Å². The molecule has 1 heterocycles. The second-order valence-corrected chi connectivity index (χ2v) is 5.49. The molecule has 0 amide bonds. The summed E-state index contributed by atoms with van der Waals surface area (Å²) in [7, 11) is 0. The van der Waals surface area contributed by atoms with Gasteiger partial charge in [0.1, 0.15) is 0 Å². The number of nitrogens with two attached hydrogens (primary N) is 2. The van der Waals surface area contributed by atoms with Gasteiger partial charge >= 0.3 is 0 Å². The fraction of sp³-hybridized carbons (Fsp3) is 0.467. The van der Waals surface area contributed by atoms with Crippen molar-refractivity contribution in [2.45, 2.75) is 26.3 Å². The Kier molecular flexibility index (Phi) is 5.12. The lowest BCUT2D eigenvalue weighted by atomic mass is 10.00. The van der Waals surface area contributed by atoms with Crippen molar-refractivity contribution < 1.29 is 0 Å². The quantitative estimate of drug-likeness (QED) is 0.496. The molecular formula is C15H23N5. The summed E-state index contributed by atoms with van der Waals surface area (Å²) in [5.41, 5.74) is 12.7. The van der Waals surface area contributed by atoms with Gasteiger partial charge in [0.2, 0.25) is 5.96 Å². The summed E-state index contributed by atoms with van der Waals surface area (Å²) in [6, 6.07) is 8.34. The van der Waals surface area contributed by atoms with Crippen molar-refractivity contribution in [3.63, 3.8) is 0 Å². The lowest BCUT2D eigenvalue weighted by Gasteiger charge is -2.30. The Bertz CT molecular complexity index is 474. The molecule has 1 aliphatic rings. The zero-order valence-corrected chi connectivity index (χ0v) is 12.0. The van der Waals surface area contributed by atoms with Gasteiger partial charge in [-0.15, -0.1) is 5.10 Å². The Balaban J connectivity index is 1.91. The number of nitrogens with zero attached hydrogens (tertiary/aromatic N) is 3. The number of hydrogen-bond donors (Lipinski definition) is 2. The van der Waals surface area contributed by atoms with Crippen LogP contribution in [-0.4, -0.2) is 30.2 Å². The number of likely N-dealkylation sites (tertiary alicyclic amines) is 1. The first-order valence-electron chi connectivity index (χ1n) is 7.07. The highest BCUT2D eigenvalue weighted by atomic mass is 15.3. The molecule has 1 aliphatic heterocycles. The van der Waals surface area contributed by atoms with Crippen LogP contribution in [0.1, 0.15) is 30.9 Å². The minimum absolute atomic E-state index is 0.0305. The summed E-state index contributed by atoms with van der Waals surface area (Å²) in [4.78, 5) is 2.52. The van der Waals surface area contributed by atoms with Crippen LogP contribution in [0.4, 0.5) is 0 Å². The maximum atomic E-state index is 5.20. The van der Waals surface area contributed by atoms with E-state index in [1.54, 1.807) is 6.21 Å². The van der Waals surface area contributed by atoms with Crippen molar-refractivity contribution in [1.82, 2.24) is 4.90 Å². The summed E-state index contributed by atoms with van der Waals surface area (Å²) in [5, 5.41) is 7.38. The summed E-state index contributed by atoms with van der Waals surface area (Å²) in [6.45, 7) is 5.76. The second kappa shape index (κ2) is 7.05. The number of hydrogen-bond acceptors (Lipinski definition) is 3. The van der Waals surface area contributed by atoms with Crippen LogP contribution < -0.4 is 11.5 Å². The van der Waals surface area contributed by atoms with Gasteiger partial charge in [0.25, 0.3) is 0 Å². The van der Waals surface area contributed by atoms with Gasteiger partial charge in [-0.3, -0.25) is 4.90 Å². The standard InChI is InChI=1S/C15H23N5/c1-12-3-2-8-20(10-12)11-14-6-4-13(5-7-14)9-18-19-15(16)17/h4-7,9,12H,2-3,8,10-11H2,1H3,(H4,16,17,19). The Labute approximate surface area is 120 Å². The first-order valence-corrected chi connectivity index (χ1v) is 7.07. The van der Waals surface area contributed by atoms with Gasteiger partial charge in [-0.05, 0) is 36.4 Å². The average Bonchev–Trinajstić information content (AvgIpc) is 2.40. The fourth-order valence-electron chi connectivity index (χ4n) is 2.56. The van der Waals surface area contributed by atoms with E-state index >= 15 is 0 Å². The van der Waals surface area contributed by atoms with Gasteiger partial charge in [0.05, 0.1) is 6.21 Å². The highest BCUT2D eigenvalue weighted by Crippen LogP contribution is 2.17. The number of benzene rings is 1. The molecule has 0 aliphatic carbocycles. The van der Waals surface area contributed by atoms with Crippen LogP contribution in [-0.2, 0) is 6.54 Å². The molecule has 4 N–H and O–H groups in total. The van der Waals surface area contributed by atoms with Crippen molar-refractivity contribution in [3.8, 4) is 0 Å². The molecule has 0 aromatic heterocycles. The van der Waals surface area contributed by atoms with Crippen molar-refractivity contribution in [2.75, 3.05) is 13.1 Å². The molecular weight excluding hydrogens is 250 g/mol. The van der Waals surface area contributed by atoms with E-state index in [2.05, 4.69) is 34.2 Å². The Morgan fingerprint density at radius 1 is 1.35 bits per heavy atom. The highest BCUT2D eigenvalue weighted by molar-refractivity contribution is 5.81. The van der Waals surface area contributed by atoms with Gasteiger partial charge in [-0.25, -0.2) is 0 Å². The lowest BCUT2D eigenvalue weighted by molar-refractivity contribution is 0.176. The highest BCUT2D eigenvalue weighted by Gasteiger charge is 2.15. The maximum Gasteiger partial charge on any atom is 0.211 e. The molecule has 20 heavy (non-hydrogen) atoms. The van der Waals surface area contributed by atoms with Gasteiger partial charge in [-0.2, -0.15) is 5.10 Å². The normalized spacial score (nSPS) is 20.1. The first-order chi connectivity index (χ1) is 9.63. The Morgan fingerprint density at radius 3 is 2.75 bits per heavy atom. The zero-order chi connectivity index (χ0) is 14.4. The third kappa shape index (κ3) is 4.66. The van der Waals surface area contributed by atoms with Gasteiger partial charge < -0.3 is 11.5 Å². The molecule has 1 aromatic carbocycles. The smallest absolute Gasteiger partial charge is 0.211 e. The van der Waals surface area contributed by atoms with Crippen LogP contribution in [0.15, 0.2) is 34.5 Å². The monoisotopic (exact) mass is 273 g/mol. The SMILES string of the molecule is CC1CCCN(Cc2ccc(C=NN=C(N)N)cc2)C1. The number of rotatable bonds is 4. The summed E-state index contributed by atoms with van der Waals surface area (Å²) >= 11 is 0. The molecule has 0 saturated carbocycles. The largest absolute Gasteiger partial charge is 0.369 e. The van der Waals surface area contributed by atoms with Crippen LogP contribution in [0.5, 0.6) is 0 Å². The lowest BCUT2D eigenvalue weighted by Crippen LogP contribution is -2.33. The second-order valence-electron chi connectivity index (χ2n) is 5.49. The van der Waals surface area contributed by atoms with Crippen LogP contribution in [0.2, 0.25) is 0 Å². The molecule has 1 saturated heterocycles. The summed E-state index contributed by atoms with van der Waals surface area (Å²) < 4.78 is 0. The van der Waals surface area contributed by atoms with Crippen molar-refractivity contribution in [2.24, 2.45) is 27.6 Å². The molecule has 2 rings (SSSR count). The third-order valence-electron chi connectivity index (χ3n) is 3.51. The van der Waals surface area contributed by atoms with Crippen molar-refractivity contribution >= 4 is 12.2 Å². The molecule has 1 fully saturated rings. The summed E-state index contributed by atoms with van der Waals surface area (Å²) in [6.07, 6.45) is 4.31. The number of guanidine groups is 1. The fourth-order valence-corrected chi connectivity index (χ4v) is 2.56. The van der Waals surface area contributed by atoms with Crippen LogP contribution in [0.25, 0.3) is 0 Å². The van der Waals surface area contributed by atoms with E-state index in [0.29, 0.717) is 0 Å². The van der Waals surface area contributed by atoms with Gasteiger partial charge in [-0.1, -0.05) is 31.2 Å². The van der Waals surface area contributed by atoms with Crippen molar-refractivity contribution in [3.05, 3.63) is 35.4 Å². The summed E-state index contributed by atoms with van der Waals surface area (Å²) in [5.74, 6) is 0.784. The van der Waals surface area contributed by atoms with Crippen LogP contribution >= 0.6 is 0 Å². The van der Waals surface area contributed by atoms with Crippen LogP contribution in [0.3, 0.4) is 0 Å². The van der Waals surface area contributed by atoms with E-state index in [4.69, 9.17) is 11.5 Å². The molecule has 0 bridgehead atoms. The molecule has 1 unspecified atom stereocenters. The molecule has 0 radical (unpaired) electrons. The number of piperidine rings is 1. The zero-order valence-electron chi connectivity index (χ0n) is 12.0. The average molecular weight is 273 g/mol. The first kappa shape index (κ1) is 14.5. The molecule has 5 nitrogen and oxygen atoms in total. The molecule has 108 valence electrons. The Morgan fingerprint density at radius 2 is 2.10 bits per heavy atom. The van der Waals surface area contributed by atoms with E-state index in [9.17, 15) is 0 Å². The topological polar surface area (TPSA) is 80.0 Å². The molecule has 0 spiro atoms. The minimum atomic E-state index is -0.0305. The van der Waals surface area contributed by atoms with E-state index < -0.39 is 0 Å². The molecule has 1 atom stereocenters. The van der Waals surface area contributed by atoms with E-state index in [0.717, 1.165) is 18.0 Å². The van der Waals surface area contributed by atoms with Crippen LogP contribution in [0, 0.1) is 5.92 Å². The molecule has 5 heteroatoms. The van der Waals surface area contributed by atoms with E-state index in [-0.39, 0.29) is 5.96 Å². The van der Waals surface area contributed by atoms with Gasteiger partial charge in [0, 0.05) is 13.1 Å². The molecule has 1 aromatic rings. The van der Waals surface area contributed by atoms with E-state index in [1.807, 2.05) is 12.1 Å². The Hall–Kier alpha value is -1.88. The predicted molar refractivity (Wildman–Crippen MR) is 83.5 cm³/mol. The third-order valence-corrected chi connectivity index (χ3v) is 3.51. The minimum Gasteiger partial charge on any atom is -0.369 e.